The number of nitrogens with zero attached hydrogens (tertiary/aromatic N) is 1. The number of aromatic carboxylic acids is 1. The molecule has 0 aliphatic carbocycles. The van der Waals surface area contributed by atoms with Crippen molar-refractivity contribution in [2.75, 3.05) is 13.2 Å². The number of benzene rings is 1. The highest BCUT2D eigenvalue weighted by Crippen LogP contribution is 2.31. The highest BCUT2D eigenvalue weighted by atomic mass is 16.4. The second-order valence-electron chi connectivity index (χ2n) is 5.88. The fourth-order valence-corrected chi connectivity index (χ4v) is 3.21. The van der Waals surface area contributed by atoms with Crippen LogP contribution < -0.4 is 5.73 Å². The van der Waals surface area contributed by atoms with Crippen LogP contribution in [0.2, 0.25) is 0 Å². The summed E-state index contributed by atoms with van der Waals surface area (Å²) in [6, 6.07) is 3.88. The maximum atomic E-state index is 11.8. The molecule has 0 fully saturated rings. The monoisotopic (exact) mass is 318 g/mol. The van der Waals surface area contributed by atoms with Crippen LogP contribution in [0.25, 0.3) is 10.9 Å². The van der Waals surface area contributed by atoms with Gasteiger partial charge in [-0.3, -0.25) is 0 Å². The van der Waals surface area contributed by atoms with Gasteiger partial charge in [-0.25, -0.2) is 4.79 Å². The van der Waals surface area contributed by atoms with Crippen molar-refractivity contribution in [3.8, 4) is 0 Å². The Morgan fingerprint density at radius 1 is 1.30 bits per heavy atom. The van der Waals surface area contributed by atoms with Crippen LogP contribution in [-0.2, 0) is 19.4 Å². The third-order valence-electron chi connectivity index (χ3n) is 4.42. The lowest BCUT2D eigenvalue weighted by atomic mass is 10.00. The Hall–Kier alpha value is -1.85. The van der Waals surface area contributed by atoms with Crippen molar-refractivity contribution in [1.82, 2.24) is 4.57 Å². The molecule has 0 spiro atoms. The van der Waals surface area contributed by atoms with E-state index in [4.69, 9.17) is 10.8 Å². The summed E-state index contributed by atoms with van der Waals surface area (Å²) in [7, 11) is 0. The maximum Gasteiger partial charge on any atom is 0.337 e. The fourth-order valence-electron chi connectivity index (χ4n) is 3.21. The number of aryl methyl sites for hydroxylation is 3. The Kier molecular flexibility index (Phi) is 5.80. The predicted molar refractivity (Wildman–Crippen MR) is 92.1 cm³/mol. The predicted octanol–water partition coefficient (Wildman–Crippen LogP) is 2.48. The minimum Gasteiger partial charge on any atom is -0.478 e. The largest absolute Gasteiger partial charge is 0.478 e. The van der Waals surface area contributed by atoms with Crippen molar-refractivity contribution in [3.63, 3.8) is 0 Å². The van der Waals surface area contributed by atoms with Crippen molar-refractivity contribution in [3.05, 3.63) is 34.5 Å². The summed E-state index contributed by atoms with van der Waals surface area (Å²) in [6.07, 6.45) is 3.12. The van der Waals surface area contributed by atoms with E-state index in [2.05, 4.69) is 6.07 Å². The summed E-state index contributed by atoms with van der Waals surface area (Å²) in [6.45, 7) is 5.38. The summed E-state index contributed by atoms with van der Waals surface area (Å²) in [4.78, 5) is 11.8. The number of carbonyl (C=O) groups is 1. The number of aliphatic hydroxyl groups excluding tert-OH is 1. The number of carboxylic acids is 1. The lowest BCUT2D eigenvalue weighted by molar-refractivity contribution is 0.0698. The molecule has 0 atom stereocenters. The summed E-state index contributed by atoms with van der Waals surface area (Å²) < 4.78 is 2.04. The van der Waals surface area contributed by atoms with Gasteiger partial charge in [-0.2, -0.15) is 0 Å². The van der Waals surface area contributed by atoms with Crippen LogP contribution in [0, 0.1) is 6.92 Å². The average molecular weight is 318 g/mol. The highest BCUT2D eigenvalue weighted by Gasteiger charge is 2.20. The van der Waals surface area contributed by atoms with Crippen LogP contribution in [-0.4, -0.2) is 33.9 Å². The van der Waals surface area contributed by atoms with Gasteiger partial charge < -0.3 is 20.5 Å². The van der Waals surface area contributed by atoms with Crippen molar-refractivity contribution in [2.45, 2.75) is 46.1 Å². The van der Waals surface area contributed by atoms with E-state index in [1.165, 1.54) is 5.56 Å². The molecule has 2 rings (SSSR count). The number of fused-ring (bicyclic) bond motifs is 1. The Morgan fingerprint density at radius 3 is 2.61 bits per heavy atom. The Labute approximate surface area is 136 Å². The first-order valence-electron chi connectivity index (χ1n) is 8.23. The zero-order chi connectivity index (χ0) is 17.0. The number of rotatable bonds is 8. The number of hydrogen-bond acceptors (Lipinski definition) is 3. The molecule has 5 heteroatoms. The summed E-state index contributed by atoms with van der Waals surface area (Å²) >= 11 is 0. The van der Waals surface area contributed by atoms with Gasteiger partial charge in [0.25, 0.3) is 0 Å². The number of carboxylic acid groups (broad SMARTS) is 1. The van der Waals surface area contributed by atoms with Crippen molar-refractivity contribution in [2.24, 2.45) is 5.73 Å². The molecule has 0 bridgehead atoms. The van der Waals surface area contributed by atoms with E-state index >= 15 is 0 Å². The zero-order valence-electron chi connectivity index (χ0n) is 13.9. The number of nitrogens with two attached hydrogens (primary N) is 1. The Bertz CT molecular complexity index is 704. The van der Waals surface area contributed by atoms with Gasteiger partial charge in [-0.15, -0.1) is 0 Å². The number of aliphatic hydroxyl groups is 1. The molecule has 1 heterocycles. The zero-order valence-corrected chi connectivity index (χ0v) is 13.9. The molecule has 126 valence electrons. The van der Waals surface area contributed by atoms with Gasteiger partial charge in [0.1, 0.15) is 0 Å². The van der Waals surface area contributed by atoms with Gasteiger partial charge in [-0.1, -0.05) is 6.92 Å². The van der Waals surface area contributed by atoms with Crippen molar-refractivity contribution in [1.29, 1.82) is 0 Å². The molecule has 0 radical (unpaired) electrons. The molecule has 5 nitrogen and oxygen atoms in total. The fraction of sp³-hybridized carbons (Fsp3) is 0.500. The molecule has 23 heavy (non-hydrogen) atoms. The average Bonchev–Trinajstić information content (AvgIpc) is 2.81. The molecule has 2 aromatic rings. The third-order valence-corrected chi connectivity index (χ3v) is 4.42. The Balaban J connectivity index is 2.75. The van der Waals surface area contributed by atoms with Gasteiger partial charge in [0.15, 0.2) is 0 Å². The molecule has 0 aliphatic heterocycles. The van der Waals surface area contributed by atoms with Gasteiger partial charge in [-0.05, 0) is 62.4 Å². The minimum atomic E-state index is -0.904. The third kappa shape index (κ3) is 3.41. The van der Waals surface area contributed by atoms with E-state index in [1.807, 2.05) is 18.4 Å². The first kappa shape index (κ1) is 17.5. The summed E-state index contributed by atoms with van der Waals surface area (Å²) in [5.41, 5.74) is 10.1. The van der Waals surface area contributed by atoms with Crippen LogP contribution in [0.15, 0.2) is 12.1 Å². The summed E-state index contributed by atoms with van der Waals surface area (Å²) in [5.74, 6) is -0.904. The minimum absolute atomic E-state index is 0.0900. The number of aromatic nitrogens is 1. The van der Waals surface area contributed by atoms with Crippen LogP contribution >= 0.6 is 0 Å². The smallest absolute Gasteiger partial charge is 0.337 e. The molecule has 0 aliphatic rings. The van der Waals surface area contributed by atoms with Gasteiger partial charge in [0.2, 0.25) is 0 Å². The second-order valence-corrected chi connectivity index (χ2v) is 5.88. The molecular formula is C18H26N2O3. The van der Waals surface area contributed by atoms with Crippen LogP contribution in [0.4, 0.5) is 0 Å². The van der Waals surface area contributed by atoms with E-state index in [1.54, 1.807) is 6.07 Å². The van der Waals surface area contributed by atoms with Gasteiger partial charge in [0, 0.05) is 24.2 Å². The normalized spacial score (nSPS) is 11.3. The molecule has 0 saturated carbocycles. The lowest BCUT2D eigenvalue weighted by Crippen LogP contribution is -2.07. The molecule has 1 aromatic carbocycles. The van der Waals surface area contributed by atoms with E-state index in [0.717, 1.165) is 41.4 Å². The quantitative estimate of drug-likeness (QED) is 0.697. The molecule has 0 unspecified atom stereocenters. The molecule has 4 N–H and O–H groups in total. The van der Waals surface area contributed by atoms with Crippen LogP contribution in [0.1, 0.15) is 46.9 Å². The molecule has 0 saturated heterocycles. The van der Waals surface area contributed by atoms with Gasteiger partial charge >= 0.3 is 5.97 Å². The van der Waals surface area contributed by atoms with Crippen LogP contribution in [0.3, 0.4) is 0 Å². The van der Waals surface area contributed by atoms with Crippen LogP contribution in [0.5, 0.6) is 0 Å². The van der Waals surface area contributed by atoms with E-state index in [-0.39, 0.29) is 6.61 Å². The molecule has 1 aromatic heterocycles. The van der Waals surface area contributed by atoms with E-state index in [9.17, 15) is 9.90 Å². The van der Waals surface area contributed by atoms with Gasteiger partial charge in [0.05, 0.1) is 11.1 Å². The summed E-state index contributed by atoms with van der Waals surface area (Å²) in [5, 5.41) is 19.8. The van der Waals surface area contributed by atoms with Crippen molar-refractivity contribution >= 4 is 16.9 Å². The second kappa shape index (κ2) is 7.62. The maximum absolute atomic E-state index is 11.8. The Morgan fingerprint density at radius 2 is 2.04 bits per heavy atom. The van der Waals surface area contributed by atoms with E-state index < -0.39 is 5.97 Å². The highest BCUT2D eigenvalue weighted by molar-refractivity contribution is 6.04. The first-order valence-corrected chi connectivity index (χ1v) is 8.23. The number of hydrogen-bond donors (Lipinski definition) is 3. The topological polar surface area (TPSA) is 88.5 Å². The molecular weight excluding hydrogens is 292 g/mol. The SMILES string of the molecule is CCc1cc(C(=O)O)c2c(c1)c(CCCN)c(C)n2CCCO. The molecule has 0 amide bonds. The lowest BCUT2D eigenvalue weighted by Gasteiger charge is -2.10. The standard InChI is InChI=1S/C18H26N2O3/c1-3-13-10-15-14(6-4-7-19)12(2)20(8-5-9-21)17(15)16(11-13)18(22)23/h10-11,21H,3-9,19H2,1-2H3,(H,22,23). The van der Waals surface area contributed by atoms with Crippen molar-refractivity contribution < 1.29 is 15.0 Å². The van der Waals surface area contributed by atoms with E-state index in [0.29, 0.717) is 25.1 Å². The first-order chi connectivity index (χ1) is 11.0.